The van der Waals surface area contributed by atoms with Crippen molar-refractivity contribution in [3.8, 4) is 0 Å². The normalized spacial score (nSPS) is 23.0. The van der Waals surface area contributed by atoms with Crippen LogP contribution in [0.2, 0.25) is 0 Å². The fraction of sp³-hybridized carbons (Fsp3) is 0.435. The Morgan fingerprint density at radius 2 is 1.97 bits per heavy atom. The van der Waals surface area contributed by atoms with Gasteiger partial charge < -0.3 is 9.64 Å². The molecule has 1 atom stereocenters. The first-order chi connectivity index (χ1) is 15.0. The number of rotatable bonds is 9. The molecule has 0 aromatic carbocycles. The molecule has 0 radical (unpaired) electrons. The fourth-order valence-electron chi connectivity index (χ4n) is 4.01. The Balaban J connectivity index is 2.06. The number of esters is 1. The largest absolute Gasteiger partial charge is 0.442 e. The molecule has 3 rings (SSSR count). The van der Waals surface area contributed by atoms with E-state index in [1.807, 2.05) is 6.92 Å². The highest BCUT2D eigenvalue weighted by Crippen LogP contribution is 2.44. The van der Waals surface area contributed by atoms with Gasteiger partial charge in [0.05, 0.1) is 5.75 Å². The van der Waals surface area contributed by atoms with Crippen molar-refractivity contribution in [1.29, 1.82) is 0 Å². The summed E-state index contributed by atoms with van der Waals surface area (Å²) >= 11 is 0. The first-order valence-corrected chi connectivity index (χ1v) is 12.2. The molecule has 172 valence electrons. The van der Waals surface area contributed by atoms with Gasteiger partial charge in [-0.1, -0.05) is 25.8 Å². The van der Waals surface area contributed by atoms with E-state index in [1.165, 1.54) is 13.1 Å². The summed E-state index contributed by atoms with van der Waals surface area (Å²) in [6.45, 7) is 5.20. The molecule has 2 heterocycles. The van der Waals surface area contributed by atoms with Crippen LogP contribution < -0.4 is 0 Å². The van der Waals surface area contributed by atoms with Gasteiger partial charge >= 0.3 is 5.97 Å². The third-order valence-electron chi connectivity index (χ3n) is 5.71. The van der Waals surface area contributed by atoms with Crippen molar-refractivity contribution in [3.63, 3.8) is 0 Å². The average Bonchev–Trinajstić information content (AvgIpc) is 2.97. The van der Waals surface area contributed by atoms with Crippen molar-refractivity contribution in [2.24, 2.45) is 0 Å². The average molecular weight is 462 g/mol. The number of allylic oxidation sites excluding steroid dienone is 4. The van der Waals surface area contributed by atoms with Crippen LogP contribution in [0.25, 0.3) is 0 Å². The highest BCUT2D eigenvalue weighted by molar-refractivity contribution is 7.85. The molecule has 1 aliphatic carbocycles. The molecule has 0 bridgehead atoms. The van der Waals surface area contributed by atoms with E-state index < -0.39 is 33.2 Å². The van der Waals surface area contributed by atoms with Crippen molar-refractivity contribution in [3.05, 3.63) is 58.5 Å². The smallest absolute Gasteiger partial charge is 0.343 e. The Morgan fingerprint density at radius 3 is 2.59 bits per heavy atom. The van der Waals surface area contributed by atoms with Gasteiger partial charge in [0.25, 0.3) is 10.1 Å². The lowest BCUT2D eigenvalue weighted by molar-refractivity contribution is -0.153. The van der Waals surface area contributed by atoms with E-state index in [4.69, 9.17) is 9.29 Å². The van der Waals surface area contributed by atoms with Crippen molar-refractivity contribution in [2.75, 3.05) is 12.3 Å². The zero-order valence-corrected chi connectivity index (χ0v) is 19.2. The van der Waals surface area contributed by atoms with E-state index in [-0.39, 0.29) is 35.5 Å². The number of fused-ring (bicyclic) bond motifs is 2. The minimum Gasteiger partial charge on any atom is -0.442 e. The molecular formula is C23H27NO7S. The summed E-state index contributed by atoms with van der Waals surface area (Å²) in [5, 5.41) is 0. The Hall–Kier alpha value is -2.78. The van der Waals surface area contributed by atoms with Gasteiger partial charge in [0.2, 0.25) is 5.78 Å². The summed E-state index contributed by atoms with van der Waals surface area (Å²) in [4.78, 5) is 40.3. The van der Waals surface area contributed by atoms with Gasteiger partial charge in [-0.15, -0.1) is 0 Å². The van der Waals surface area contributed by atoms with Crippen LogP contribution in [0.15, 0.2) is 58.5 Å². The van der Waals surface area contributed by atoms with Gasteiger partial charge in [-0.2, -0.15) is 8.42 Å². The van der Waals surface area contributed by atoms with Gasteiger partial charge in [-0.25, -0.2) is 4.79 Å². The zero-order valence-electron chi connectivity index (χ0n) is 18.4. The van der Waals surface area contributed by atoms with Crippen LogP contribution in [-0.4, -0.2) is 53.3 Å². The molecule has 1 N–H and O–H groups in total. The summed E-state index contributed by atoms with van der Waals surface area (Å²) in [7, 11) is -4.20. The first-order valence-electron chi connectivity index (χ1n) is 10.6. The molecule has 0 aromatic heterocycles. The van der Waals surface area contributed by atoms with Gasteiger partial charge in [0.1, 0.15) is 5.57 Å². The molecule has 1 unspecified atom stereocenters. The molecule has 0 saturated heterocycles. The monoisotopic (exact) mass is 461 g/mol. The van der Waals surface area contributed by atoms with Crippen molar-refractivity contribution in [1.82, 2.24) is 4.90 Å². The quantitative estimate of drug-likeness (QED) is 0.241. The fourth-order valence-corrected chi connectivity index (χ4v) is 4.44. The number of carbonyl (C=O) groups is 3. The summed E-state index contributed by atoms with van der Waals surface area (Å²) in [5.41, 5.74) is -0.0580. The first kappa shape index (κ1) is 23.9. The van der Waals surface area contributed by atoms with E-state index in [0.717, 1.165) is 12.8 Å². The van der Waals surface area contributed by atoms with E-state index in [2.05, 4.69) is 0 Å². The van der Waals surface area contributed by atoms with Gasteiger partial charge in [-0.3, -0.25) is 14.1 Å². The van der Waals surface area contributed by atoms with E-state index in [1.54, 1.807) is 36.1 Å². The van der Waals surface area contributed by atoms with Crippen LogP contribution in [0.1, 0.15) is 46.5 Å². The molecule has 0 aromatic rings. The Morgan fingerprint density at radius 1 is 1.25 bits per heavy atom. The standard InChI is InChI=1S/C23H27NO7S/c1-4-6-7-9-19(25)20-18-13-15-12-16(8-5-2)24(10-11-32(28,29)30)14-17(15)21(26)23(18,3)31-22(20)27/h5,8,12-14H,4,6-7,9-11H2,1-3H3,(H,28,29,30). The molecular weight excluding hydrogens is 434 g/mol. The Kier molecular flexibility index (Phi) is 6.71. The SMILES string of the molecule is CC=CC1=CC2=CC3=C(C(=O)CCCCC)C(=O)OC3(C)C(=O)C2=CN1CCS(=O)(=O)O. The minimum atomic E-state index is -4.20. The summed E-state index contributed by atoms with van der Waals surface area (Å²) in [5.74, 6) is -2.13. The second kappa shape index (κ2) is 8.99. The lowest BCUT2D eigenvalue weighted by Gasteiger charge is -2.34. The second-order valence-corrected chi connectivity index (χ2v) is 9.68. The number of hydrogen-bond donors (Lipinski definition) is 1. The summed E-state index contributed by atoms with van der Waals surface area (Å²) in [6, 6.07) is 0. The van der Waals surface area contributed by atoms with Crippen LogP contribution in [0.4, 0.5) is 0 Å². The van der Waals surface area contributed by atoms with Crippen LogP contribution in [0.5, 0.6) is 0 Å². The summed E-state index contributed by atoms with van der Waals surface area (Å²) < 4.78 is 37.0. The molecule has 0 amide bonds. The maximum absolute atomic E-state index is 13.4. The van der Waals surface area contributed by atoms with Crippen molar-refractivity contribution < 1.29 is 32.1 Å². The molecule has 0 fully saturated rings. The van der Waals surface area contributed by atoms with E-state index in [9.17, 15) is 22.8 Å². The number of ether oxygens (including phenoxy) is 1. The van der Waals surface area contributed by atoms with Crippen molar-refractivity contribution in [2.45, 2.75) is 52.1 Å². The maximum Gasteiger partial charge on any atom is 0.343 e. The highest BCUT2D eigenvalue weighted by Gasteiger charge is 2.54. The van der Waals surface area contributed by atoms with Gasteiger partial charge in [0.15, 0.2) is 11.4 Å². The lowest BCUT2D eigenvalue weighted by atomic mass is 9.76. The third kappa shape index (κ3) is 4.54. The second-order valence-electron chi connectivity index (χ2n) is 8.11. The van der Waals surface area contributed by atoms with Crippen molar-refractivity contribution >= 4 is 27.7 Å². The molecule has 8 nitrogen and oxygen atoms in total. The number of hydrogen-bond acceptors (Lipinski definition) is 7. The Bertz CT molecular complexity index is 1120. The molecule has 32 heavy (non-hydrogen) atoms. The van der Waals surface area contributed by atoms with Crippen LogP contribution >= 0.6 is 0 Å². The number of unbranched alkanes of at least 4 members (excludes halogenated alkanes) is 2. The Labute approximate surface area is 187 Å². The van der Waals surface area contributed by atoms with E-state index in [0.29, 0.717) is 17.7 Å². The number of carbonyl (C=O) groups excluding carboxylic acids is 3. The maximum atomic E-state index is 13.4. The predicted octanol–water partition coefficient (Wildman–Crippen LogP) is 2.80. The topological polar surface area (TPSA) is 118 Å². The van der Waals surface area contributed by atoms with Gasteiger partial charge in [0, 0.05) is 36.0 Å². The molecule has 2 aliphatic heterocycles. The lowest BCUT2D eigenvalue weighted by Crippen LogP contribution is -2.43. The van der Waals surface area contributed by atoms with E-state index >= 15 is 0 Å². The minimum absolute atomic E-state index is 0.0700. The van der Waals surface area contributed by atoms with Gasteiger partial charge in [-0.05, 0) is 44.1 Å². The third-order valence-corrected chi connectivity index (χ3v) is 6.41. The molecule has 0 spiro atoms. The highest BCUT2D eigenvalue weighted by atomic mass is 32.2. The number of Topliss-reactive ketones (excluding diaryl/α,β-unsaturated/α-hetero) is 2. The number of ketones is 2. The molecule has 3 aliphatic rings. The van der Waals surface area contributed by atoms with Crippen LogP contribution in [0.3, 0.4) is 0 Å². The van der Waals surface area contributed by atoms with Crippen LogP contribution in [0, 0.1) is 0 Å². The number of nitrogens with zero attached hydrogens (tertiary/aromatic N) is 1. The van der Waals surface area contributed by atoms with Crippen LogP contribution in [-0.2, 0) is 29.2 Å². The molecule has 0 saturated carbocycles. The molecule has 9 heteroatoms. The summed E-state index contributed by atoms with van der Waals surface area (Å²) in [6.07, 6.45) is 11.0. The predicted molar refractivity (Wildman–Crippen MR) is 118 cm³/mol. The zero-order chi connectivity index (χ0) is 23.7.